The predicted molar refractivity (Wildman–Crippen MR) is 203 cm³/mol. The smallest absolute Gasteiger partial charge is 0.410 e. The van der Waals surface area contributed by atoms with E-state index in [9.17, 15) is 23.9 Å². The number of imidazole rings is 1. The Hall–Kier alpha value is -5.41. The minimum absolute atomic E-state index is 0.00328. The Morgan fingerprint density at radius 1 is 1.02 bits per heavy atom. The van der Waals surface area contributed by atoms with Gasteiger partial charge in [-0.05, 0) is 60.2 Å². The molecule has 3 aromatic carbocycles. The van der Waals surface area contributed by atoms with Crippen LogP contribution in [0.1, 0.15) is 57.1 Å². The number of ether oxygens (including phenoxy) is 4. The van der Waals surface area contributed by atoms with Gasteiger partial charge in [0.1, 0.15) is 36.0 Å². The molecule has 4 aromatic rings. The molecule has 1 fully saturated rings. The summed E-state index contributed by atoms with van der Waals surface area (Å²) in [6.07, 6.45) is -1.99. The third-order valence-electron chi connectivity index (χ3n) is 9.89. The van der Waals surface area contributed by atoms with Crippen molar-refractivity contribution in [2.45, 2.75) is 65.6 Å². The van der Waals surface area contributed by atoms with Crippen LogP contribution in [0.3, 0.4) is 0 Å². The van der Waals surface area contributed by atoms with Crippen molar-refractivity contribution >= 4 is 18.0 Å². The first kappa shape index (κ1) is 42.7. The number of amides is 2. The van der Waals surface area contributed by atoms with Gasteiger partial charge in [0, 0.05) is 58.0 Å². The number of hydrogen-bond donors (Lipinski definition) is 1. The molecule has 1 aromatic heterocycles. The highest BCUT2D eigenvalue weighted by molar-refractivity contribution is 5.83. The zero-order chi connectivity index (χ0) is 41.3. The molecule has 306 valence electrons. The standard InChI is InChI=1S/C42H49F3N4O8/c1-27(57-28(2)51)40(52)49(22-31-21-48(23-36(31)45)41(53)55-25-29-10-7-6-8-11-29)38(42(3,4)16-17-50)39-46-37(34-19-32(43)14-15-35(34)44)24-47(39)20-30-12-9-13-33(18-30)56-26-54-5/h6-15,18-19,24,27,31,36,38,50H,16-17,20-23,25-26H2,1-5H3/t27-,31-,36-,38-/m0/s1. The van der Waals surface area contributed by atoms with Crippen molar-refractivity contribution in [1.82, 2.24) is 19.4 Å². The second kappa shape index (κ2) is 19.2. The van der Waals surface area contributed by atoms with Gasteiger partial charge in [0.25, 0.3) is 5.91 Å². The van der Waals surface area contributed by atoms with Gasteiger partial charge >= 0.3 is 12.1 Å². The molecular weight excluding hydrogens is 745 g/mol. The fourth-order valence-electron chi connectivity index (χ4n) is 7.06. The van der Waals surface area contributed by atoms with Crippen molar-refractivity contribution in [3.63, 3.8) is 0 Å². The molecule has 1 aliphatic rings. The summed E-state index contributed by atoms with van der Waals surface area (Å²) >= 11 is 0. The molecule has 12 nitrogen and oxygen atoms in total. The number of carbonyl (C=O) groups excluding carboxylic acids is 3. The molecule has 1 saturated heterocycles. The number of aromatic nitrogens is 2. The third-order valence-corrected chi connectivity index (χ3v) is 9.89. The number of benzene rings is 3. The Bertz CT molecular complexity index is 1990. The SMILES string of the molecule is COCOc1cccc(Cn2cc(-c3cc(F)ccc3F)nc2[C@H](N(C[C@@H]2CN(C(=O)OCc3ccccc3)C[C@@H]2F)C(=O)[C@H](C)OC(C)=O)C(C)(C)CCO)c1. The molecule has 0 spiro atoms. The summed E-state index contributed by atoms with van der Waals surface area (Å²) < 4.78 is 69.2. The van der Waals surface area contributed by atoms with Crippen LogP contribution in [0, 0.1) is 23.0 Å². The van der Waals surface area contributed by atoms with Crippen LogP contribution in [0.15, 0.2) is 79.0 Å². The molecule has 1 N–H and O–H groups in total. The highest BCUT2D eigenvalue weighted by Gasteiger charge is 2.46. The number of alkyl halides is 1. The van der Waals surface area contributed by atoms with E-state index >= 15 is 8.78 Å². The summed E-state index contributed by atoms with van der Waals surface area (Å²) in [4.78, 5) is 47.3. The van der Waals surface area contributed by atoms with E-state index in [4.69, 9.17) is 23.9 Å². The van der Waals surface area contributed by atoms with Gasteiger partial charge in [-0.1, -0.05) is 56.3 Å². The highest BCUT2D eigenvalue weighted by Crippen LogP contribution is 2.43. The molecule has 5 rings (SSSR count). The summed E-state index contributed by atoms with van der Waals surface area (Å²) in [7, 11) is 1.49. The van der Waals surface area contributed by atoms with Crippen molar-refractivity contribution in [3.8, 4) is 17.0 Å². The van der Waals surface area contributed by atoms with E-state index in [1.54, 1.807) is 60.9 Å². The van der Waals surface area contributed by atoms with Crippen LogP contribution < -0.4 is 4.74 Å². The first-order valence-corrected chi connectivity index (χ1v) is 18.6. The van der Waals surface area contributed by atoms with E-state index in [-0.39, 0.29) is 69.7 Å². The molecule has 2 amide bonds. The number of aliphatic hydroxyl groups is 1. The minimum atomic E-state index is -1.58. The van der Waals surface area contributed by atoms with Gasteiger partial charge in [0.05, 0.1) is 18.3 Å². The van der Waals surface area contributed by atoms with Gasteiger partial charge in [-0.2, -0.15) is 0 Å². The monoisotopic (exact) mass is 794 g/mol. The lowest BCUT2D eigenvalue weighted by Crippen LogP contribution is -2.50. The first-order chi connectivity index (χ1) is 27.2. The number of rotatable bonds is 17. The number of carbonyl (C=O) groups is 3. The van der Waals surface area contributed by atoms with Gasteiger partial charge in [0.2, 0.25) is 0 Å². The molecule has 57 heavy (non-hydrogen) atoms. The van der Waals surface area contributed by atoms with E-state index in [1.807, 2.05) is 12.1 Å². The maximum absolute atomic E-state index is 16.1. The molecule has 0 radical (unpaired) electrons. The van der Waals surface area contributed by atoms with E-state index in [0.29, 0.717) is 11.3 Å². The average Bonchev–Trinajstić information content (AvgIpc) is 3.75. The molecule has 4 atom stereocenters. The van der Waals surface area contributed by atoms with Crippen molar-refractivity contribution in [3.05, 3.63) is 108 Å². The highest BCUT2D eigenvalue weighted by atomic mass is 19.1. The summed E-state index contributed by atoms with van der Waals surface area (Å²) in [5.74, 6) is -3.08. The lowest BCUT2D eigenvalue weighted by molar-refractivity contribution is -0.161. The van der Waals surface area contributed by atoms with Gasteiger partial charge in [-0.15, -0.1) is 0 Å². The largest absolute Gasteiger partial charge is 0.468 e. The molecule has 0 bridgehead atoms. The molecule has 15 heteroatoms. The molecular formula is C42H49F3N4O8. The normalized spacial score (nSPS) is 16.5. The summed E-state index contributed by atoms with van der Waals surface area (Å²) in [6.45, 7) is 5.25. The van der Waals surface area contributed by atoms with Crippen molar-refractivity contribution in [1.29, 1.82) is 0 Å². The van der Waals surface area contributed by atoms with E-state index in [0.717, 1.165) is 30.7 Å². The van der Waals surface area contributed by atoms with Crippen LogP contribution in [0.5, 0.6) is 5.75 Å². The molecule has 2 heterocycles. The fraction of sp³-hybridized carbons (Fsp3) is 0.429. The molecule has 0 unspecified atom stereocenters. The Morgan fingerprint density at radius 2 is 1.75 bits per heavy atom. The number of halogens is 3. The maximum atomic E-state index is 16.1. The van der Waals surface area contributed by atoms with Crippen molar-refractivity contribution in [2.75, 3.05) is 40.1 Å². The lowest BCUT2D eigenvalue weighted by Gasteiger charge is -2.43. The quantitative estimate of drug-likeness (QED) is 0.0917. The average molecular weight is 795 g/mol. The van der Waals surface area contributed by atoms with Crippen LogP contribution in [-0.2, 0) is 37.0 Å². The number of aliphatic hydroxyl groups excluding tert-OH is 1. The van der Waals surface area contributed by atoms with Gasteiger partial charge < -0.3 is 38.4 Å². The van der Waals surface area contributed by atoms with Gasteiger partial charge in [-0.3, -0.25) is 9.59 Å². The Kier molecular flexibility index (Phi) is 14.4. The molecule has 1 aliphatic heterocycles. The van der Waals surface area contributed by atoms with E-state index in [1.165, 1.54) is 30.0 Å². The summed E-state index contributed by atoms with van der Waals surface area (Å²) in [5, 5.41) is 10.3. The van der Waals surface area contributed by atoms with Crippen LogP contribution in [0.4, 0.5) is 18.0 Å². The van der Waals surface area contributed by atoms with E-state index < -0.39 is 59.3 Å². The van der Waals surface area contributed by atoms with Gasteiger partial charge in [0.15, 0.2) is 12.9 Å². The number of methoxy groups -OCH3 is 1. The third kappa shape index (κ3) is 10.9. The maximum Gasteiger partial charge on any atom is 0.410 e. The number of likely N-dealkylation sites (tertiary alicyclic amines) is 1. The van der Waals surface area contributed by atoms with Crippen LogP contribution in [0.2, 0.25) is 0 Å². The van der Waals surface area contributed by atoms with Crippen LogP contribution in [0.25, 0.3) is 11.3 Å². The van der Waals surface area contributed by atoms with Crippen LogP contribution in [-0.4, -0.2) is 94.8 Å². The fourth-order valence-corrected chi connectivity index (χ4v) is 7.06. The molecule has 0 aliphatic carbocycles. The number of esters is 1. The minimum Gasteiger partial charge on any atom is -0.468 e. The Labute approximate surface area is 330 Å². The molecule has 0 saturated carbocycles. The second-order valence-electron chi connectivity index (χ2n) is 14.8. The predicted octanol–water partition coefficient (Wildman–Crippen LogP) is 6.70. The zero-order valence-corrected chi connectivity index (χ0v) is 32.7. The van der Waals surface area contributed by atoms with E-state index in [2.05, 4.69) is 0 Å². The Morgan fingerprint density at radius 3 is 2.46 bits per heavy atom. The van der Waals surface area contributed by atoms with Crippen LogP contribution >= 0.6 is 0 Å². The number of nitrogens with zero attached hydrogens (tertiary/aromatic N) is 4. The lowest BCUT2D eigenvalue weighted by atomic mass is 9.79. The number of hydrogen-bond acceptors (Lipinski definition) is 9. The zero-order valence-electron chi connectivity index (χ0n) is 32.7. The second-order valence-corrected chi connectivity index (χ2v) is 14.8. The summed E-state index contributed by atoms with van der Waals surface area (Å²) in [5.41, 5.74) is 0.356. The van der Waals surface area contributed by atoms with Crippen molar-refractivity contribution < 1.29 is 51.6 Å². The summed E-state index contributed by atoms with van der Waals surface area (Å²) in [6, 6.07) is 18.0. The van der Waals surface area contributed by atoms with Crippen molar-refractivity contribution in [2.24, 2.45) is 11.3 Å². The Balaban J connectivity index is 1.60. The topological polar surface area (TPSA) is 133 Å². The first-order valence-electron chi connectivity index (χ1n) is 18.6. The van der Waals surface area contributed by atoms with Gasteiger partial charge in [-0.25, -0.2) is 22.9 Å².